The average Bonchev–Trinajstić information content (AvgIpc) is 2.59. The smallest absolute Gasteiger partial charge is 0.356 e. The number of carbonyl (C=O) groups excluding carboxylic acids is 1. The minimum absolute atomic E-state index is 0.249. The normalized spacial score (nSPS) is 10.4. The van der Waals surface area contributed by atoms with Crippen LogP contribution in [0.5, 0.6) is 0 Å². The number of halogens is 1. The predicted octanol–water partition coefficient (Wildman–Crippen LogP) is 1.51. The molecule has 0 unspecified atom stereocenters. The molecule has 5 nitrogen and oxygen atoms in total. The van der Waals surface area contributed by atoms with Crippen LogP contribution in [-0.2, 0) is 4.74 Å². The molecule has 0 aliphatic carbocycles. The SMILES string of the molecule is COC(=O)c1ccc2c(Br)[nH]nc2n1. The molecule has 0 saturated heterocycles. The van der Waals surface area contributed by atoms with Crippen LogP contribution in [0.1, 0.15) is 10.5 Å². The third-order valence-electron chi connectivity index (χ3n) is 1.77. The standard InChI is InChI=1S/C8H6BrN3O2/c1-14-8(13)5-3-2-4-6(9)11-12-7(4)10-5/h2-3H,1H3,(H,10,11,12). The zero-order valence-corrected chi connectivity index (χ0v) is 8.83. The second kappa shape index (κ2) is 3.38. The number of pyridine rings is 1. The number of nitrogens with one attached hydrogen (secondary N) is 1. The lowest BCUT2D eigenvalue weighted by molar-refractivity contribution is 0.0594. The molecule has 2 heterocycles. The summed E-state index contributed by atoms with van der Waals surface area (Å²) in [5.74, 6) is -0.467. The Morgan fingerprint density at radius 2 is 2.36 bits per heavy atom. The van der Waals surface area contributed by atoms with Crippen LogP contribution in [0.2, 0.25) is 0 Å². The highest BCUT2D eigenvalue weighted by Crippen LogP contribution is 2.19. The highest BCUT2D eigenvalue weighted by Gasteiger charge is 2.10. The van der Waals surface area contributed by atoms with E-state index in [1.165, 1.54) is 7.11 Å². The van der Waals surface area contributed by atoms with E-state index in [-0.39, 0.29) is 5.69 Å². The van der Waals surface area contributed by atoms with Crippen LogP contribution in [0.4, 0.5) is 0 Å². The topological polar surface area (TPSA) is 67.9 Å². The van der Waals surface area contributed by atoms with Crippen LogP contribution in [-0.4, -0.2) is 28.3 Å². The Labute approximate surface area is 87.6 Å². The van der Waals surface area contributed by atoms with Crippen molar-refractivity contribution in [3.05, 3.63) is 22.4 Å². The van der Waals surface area contributed by atoms with Crippen LogP contribution in [0.25, 0.3) is 11.0 Å². The number of ether oxygens (including phenoxy) is 1. The second-order valence-electron chi connectivity index (χ2n) is 2.60. The fraction of sp³-hybridized carbons (Fsp3) is 0.125. The summed E-state index contributed by atoms with van der Waals surface area (Å²) >= 11 is 3.27. The predicted molar refractivity (Wildman–Crippen MR) is 52.9 cm³/mol. The molecule has 0 fully saturated rings. The molecule has 0 aliphatic rings. The Hall–Kier alpha value is -1.43. The average molecular weight is 256 g/mol. The highest BCUT2D eigenvalue weighted by atomic mass is 79.9. The van der Waals surface area contributed by atoms with Gasteiger partial charge in [-0.2, -0.15) is 5.10 Å². The molecule has 2 aromatic heterocycles. The first-order valence-corrected chi connectivity index (χ1v) is 4.60. The van der Waals surface area contributed by atoms with E-state index in [1.54, 1.807) is 12.1 Å². The molecule has 2 rings (SSSR count). The van der Waals surface area contributed by atoms with Gasteiger partial charge in [-0.3, -0.25) is 5.10 Å². The van der Waals surface area contributed by atoms with Crippen molar-refractivity contribution in [3.8, 4) is 0 Å². The molecule has 0 saturated carbocycles. The maximum atomic E-state index is 11.1. The molecule has 0 atom stereocenters. The molecule has 6 heteroatoms. The number of aromatic nitrogens is 3. The number of hydrogen-bond donors (Lipinski definition) is 1. The number of fused-ring (bicyclic) bond motifs is 1. The van der Waals surface area contributed by atoms with Gasteiger partial charge in [-0.25, -0.2) is 9.78 Å². The number of methoxy groups -OCH3 is 1. The summed E-state index contributed by atoms with van der Waals surface area (Å²) in [5, 5.41) is 7.45. The van der Waals surface area contributed by atoms with Crippen LogP contribution in [0.3, 0.4) is 0 Å². The van der Waals surface area contributed by atoms with E-state index < -0.39 is 5.97 Å². The Morgan fingerprint density at radius 3 is 3.07 bits per heavy atom. The summed E-state index contributed by atoms with van der Waals surface area (Å²) in [6, 6.07) is 3.34. The van der Waals surface area contributed by atoms with Crippen LogP contribution in [0, 0.1) is 0 Å². The number of rotatable bonds is 1. The van der Waals surface area contributed by atoms with E-state index in [9.17, 15) is 4.79 Å². The summed E-state index contributed by atoms with van der Waals surface area (Å²) in [6.45, 7) is 0. The quantitative estimate of drug-likeness (QED) is 0.785. The van der Waals surface area contributed by atoms with Gasteiger partial charge in [-0.05, 0) is 28.1 Å². The van der Waals surface area contributed by atoms with E-state index in [1.807, 2.05) is 0 Å². The molecular weight excluding hydrogens is 250 g/mol. The van der Waals surface area contributed by atoms with E-state index in [0.717, 1.165) is 9.99 Å². The minimum atomic E-state index is -0.467. The summed E-state index contributed by atoms with van der Waals surface area (Å²) in [4.78, 5) is 15.1. The molecule has 14 heavy (non-hydrogen) atoms. The van der Waals surface area contributed by atoms with Gasteiger partial charge in [0.15, 0.2) is 11.3 Å². The zero-order chi connectivity index (χ0) is 10.1. The van der Waals surface area contributed by atoms with Gasteiger partial charge >= 0.3 is 5.97 Å². The first-order valence-electron chi connectivity index (χ1n) is 3.81. The second-order valence-corrected chi connectivity index (χ2v) is 3.39. The molecule has 2 aromatic rings. The Balaban J connectivity index is 2.57. The van der Waals surface area contributed by atoms with Crippen molar-refractivity contribution in [1.29, 1.82) is 0 Å². The molecule has 1 N–H and O–H groups in total. The number of nitrogens with zero attached hydrogens (tertiary/aromatic N) is 2. The third-order valence-corrected chi connectivity index (χ3v) is 2.37. The Morgan fingerprint density at radius 1 is 1.57 bits per heavy atom. The monoisotopic (exact) mass is 255 g/mol. The van der Waals surface area contributed by atoms with Crippen molar-refractivity contribution in [1.82, 2.24) is 15.2 Å². The fourth-order valence-corrected chi connectivity index (χ4v) is 1.48. The van der Waals surface area contributed by atoms with Crippen molar-refractivity contribution in [2.75, 3.05) is 7.11 Å². The highest BCUT2D eigenvalue weighted by molar-refractivity contribution is 9.10. The maximum Gasteiger partial charge on any atom is 0.356 e. The first-order chi connectivity index (χ1) is 6.72. The summed E-state index contributed by atoms with van der Waals surface area (Å²) < 4.78 is 5.29. The molecule has 0 radical (unpaired) electrons. The van der Waals surface area contributed by atoms with Gasteiger partial charge in [-0.1, -0.05) is 0 Å². The number of hydrogen-bond acceptors (Lipinski definition) is 4. The van der Waals surface area contributed by atoms with Gasteiger partial charge in [0.1, 0.15) is 4.60 Å². The van der Waals surface area contributed by atoms with Gasteiger partial charge in [-0.15, -0.1) is 0 Å². The van der Waals surface area contributed by atoms with Crippen LogP contribution in [0.15, 0.2) is 16.7 Å². The third kappa shape index (κ3) is 1.37. The fourth-order valence-electron chi connectivity index (χ4n) is 1.09. The summed E-state index contributed by atoms with van der Waals surface area (Å²) in [6.07, 6.45) is 0. The number of aromatic amines is 1. The van der Waals surface area contributed by atoms with Crippen molar-refractivity contribution < 1.29 is 9.53 Å². The van der Waals surface area contributed by atoms with E-state index in [2.05, 4.69) is 35.8 Å². The van der Waals surface area contributed by atoms with Crippen LogP contribution < -0.4 is 0 Å². The lowest BCUT2D eigenvalue weighted by atomic mass is 10.3. The van der Waals surface area contributed by atoms with E-state index in [0.29, 0.717) is 5.65 Å². The minimum Gasteiger partial charge on any atom is -0.464 e. The van der Waals surface area contributed by atoms with Gasteiger partial charge < -0.3 is 4.74 Å². The molecular formula is C8H6BrN3O2. The lowest BCUT2D eigenvalue weighted by Gasteiger charge is -1.96. The molecule has 0 spiro atoms. The number of carbonyl (C=O) groups is 1. The van der Waals surface area contributed by atoms with E-state index in [4.69, 9.17) is 0 Å². The van der Waals surface area contributed by atoms with Gasteiger partial charge in [0, 0.05) is 0 Å². The van der Waals surface area contributed by atoms with Gasteiger partial charge in [0.2, 0.25) is 0 Å². The van der Waals surface area contributed by atoms with Crippen molar-refractivity contribution in [2.45, 2.75) is 0 Å². The molecule has 72 valence electrons. The summed E-state index contributed by atoms with van der Waals surface area (Å²) in [7, 11) is 1.31. The van der Waals surface area contributed by atoms with Crippen molar-refractivity contribution >= 4 is 32.9 Å². The largest absolute Gasteiger partial charge is 0.464 e. The van der Waals surface area contributed by atoms with Gasteiger partial charge in [0.05, 0.1) is 12.5 Å². The number of esters is 1. The van der Waals surface area contributed by atoms with Crippen LogP contribution >= 0.6 is 15.9 Å². The first kappa shape index (κ1) is 9.14. The lowest BCUT2D eigenvalue weighted by Crippen LogP contribution is -2.03. The van der Waals surface area contributed by atoms with Gasteiger partial charge in [0.25, 0.3) is 0 Å². The molecule has 0 amide bonds. The Kier molecular flexibility index (Phi) is 2.20. The molecule has 0 bridgehead atoms. The Bertz CT molecular complexity index is 494. The molecule has 0 aromatic carbocycles. The maximum absolute atomic E-state index is 11.1. The summed E-state index contributed by atoms with van der Waals surface area (Å²) in [5.41, 5.74) is 0.735. The molecule has 0 aliphatic heterocycles. The van der Waals surface area contributed by atoms with E-state index >= 15 is 0 Å². The number of H-pyrrole nitrogens is 1. The zero-order valence-electron chi connectivity index (χ0n) is 7.24. The van der Waals surface area contributed by atoms with Crippen molar-refractivity contribution in [2.24, 2.45) is 0 Å². The van der Waals surface area contributed by atoms with Crippen molar-refractivity contribution in [3.63, 3.8) is 0 Å².